The molecule has 0 saturated carbocycles. The molecule has 0 spiro atoms. The molecule has 1 aromatic heterocycles. The third-order valence-corrected chi connectivity index (χ3v) is 9.22. The van der Waals surface area contributed by atoms with Crippen LogP contribution in [0.5, 0.6) is 28.7 Å². The molecule has 0 bridgehead atoms. The predicted molar refractivity (Wildman–Crippen MR) is 172 cm³/mol. The van der Waals surface area contributed by atoms with Gasteiger partial charge in [-0.15, -0.1) is 0 Å². The monoisotopic (exact) mass is 756 g/mol. The number of benzene rings is 2. The van der Waals surface area contributed by atoms with Crippen molar-refractivity contribution >= 4 is 11.0 Å². The van der Waals surface area contributed by atoms with Crippen LogP contribution in [-0.4, -0.2) is 163 Å². The molecule has 20 heteroatoms. The molecule has 3 aliphatic heterocycles. The van der Waals surface area contributed by atoms with Gasteiger partial charge in [-0.1, -0.05) is 0 Å². The van der Waals surface area contributed by atoms with E-state index in [2.05, 4.69) is 0 Å². The second-order valence-electron chi connectivity index (χ2n) is 12.8. The van der Waals surface area contributed by atoms with Crippen LogP contribution in [0.3, 0.4) is 0 Å². The molecule has 0 aliphatic carbocycles. The first-order valence-electron chi connectivity index (χ1n) is 16.3. The molecule has 3 saturated heterocycles. The van der Waals surface area contributed by atoms with Gasteiger partial charge in [-0.3, -0.25) is 4.79 Å². The standard InChI is InChI=1S/C33H40O20/c1-10-20(38)24(42)27(45)31(49-10)48-9-18-22(40)25(43)30(53-32-26(44)21(39)15(37)8-47-32)33(51-18)52-29-23(41)19-14(36)6-12(34)7-17(19)50-28(29)11-3-4-13(35)16(5-11)46-2/h3-7,10,15,18,20-22,24-27,30-40,42-45H,8-9H2,1-2H3/t10-,15+,18+,20-,21-,22+,24+,25-,26-,27+,30+,31+,32+,33-/m0/s1. The fourth-order valence-electron chi connectivity index (χ4n) is 6.18. The molecule has 3 aliphatic rings. The van der Waals surface area contributed by atoms with Crippen LogP contribution in [0.25, 0.3) is 22.3 Å². The van der Waals surface area contributed by atoms with Gasteiger partial charge in [0, 0.05) is 17.7 Å². The molecule has 6 rings (SSSR count). The van der Waals surface area contributed by atoms with Gasteiger partial charge in [0.15, 0.2) is 35.9 Å². The summed E-state index contributed by atoms with van der Waals surface area (Å²) in [7, 11) is 1.26. The summed E-state index contributed by atoms with van der Waals surface area (Å²) in [5.41, 5.74) is -1.30. The van der Waals surface area contributed by atoms with Crippen molar-refractivity contribution in [3.05, 3.63) is 40.6 Å². The second kappa shape index (κ2) is 15.5. The van der Waals surface area contributed by atoms with Gasteiger partial charge in [0.05, 0.1) is 26.4 Å². The summed E-state index contributed by atoms with van der Waals surface area (Å²) < 4.78 is 45.2. The fraction of sp³-hybridized carbons (Fsp3) is 0.545. The van der Waals surface area contributed by atoms with Crippen molar-refractivity contribution in [2.75, 3.05) is 20.3 Å². The van der Waals surface area contributed by atoms with Crippen LogP contribution < -0.4 is 14.9 Å². The van der Waals surface area contributed by atoms with E-state index in [0.29, 0.717) is 0 Å². The first kappa shape index (κ1) is 38.8. The molecular weight excluding hydrogens is 716 g/mol. The fourth-order valence-corrected chi connectivity index (χ4v) is 6.18. The lowest BCUT2D eigenvalue weighted by molar-refractivity contribution is -0.352. The van der Waals surface area contributed by atoms with Gasteiger partial charge in [0.25, 0.3) is 0 Å². The Kier molecular flexibility index (Phi) is 11.3. The molecule has 3 aromatic rings. The number of methoxy groups -OCH3 is 1. The third-order valence-electron chi connectivity index (χ3n) is 9.22. The van der Waals surface area contributed by atoms with Crippen molar-refractivity contribution in [1.82, 2.24) is 0 Å². The molecule has 2 aromatic carbocycles. The number of phenolic OH excluding ortho intramolecular Hbond substituents is 3. The van der Waals surface area contributed by atoms with Gasteiger partial charge >= 0.3 is 0 Å². The Morgan fingerprint density at radius 1 is 0.774 bits per heavy atom. The molecule has 4 heterocycles. The van der Waals surface area contributed by atoms with Crippen molar-refractivity contribution in [1.29, 1.82) is 0 Å². The number of ether oxygens (including phenoxy) is 7. The lowest BCUT2D eigenvalue weighted by Crippen LogP contribution is -2.64. The first-order valence-corrected chi connectivity index (χ1v) is 16.3. The van der Waals surface area contributed by atoms with E-state index in [4.69, 9.17) is 37.6 Å². The Hall–Kier alpha value is -3.87. The maximum absolute atomic E-state index is 14.1. The number of fused-ring (bicyclic) bond motifs is 1. The zero-order chi connectivity index (χ0) is 38.5. The first-order chi connectivity index (χ1) is 25.1. The molecule has 292 valence electrons. The van der Waals surface area contributed by atoms with E-state index >= 15 is 0 Å². The summed E-state index contributed by atoms with van der Waals surface area (Å²) in [6, 6.07) is 5.68. The number of aliphatic hydroxyl groups is 8. The normalized spacial score (nSPS) is 36.3. The van der Waals surface area contributed by atoms with Crippen LogP contribution in [0.1, 0.15) is 6.92 Å². The van der Waals surface area contributed by atoms with E-state index < -0.39 is 127 Å². The minimum absolute atomic E-state index is 0.0478. The van der Waals surface area contributed by atoms with Crippen LogP contribution in [-0.2, 0) is 23.7 Å². The molecule has 0 radical (unpaired) electrons. The van der Waals surface area contributed by atoms with E-state index in [1.54, 1.807) is 0 Å². The highest BCUT2D eigenvalue weighted by Crippen LogP contribution is 2.40. The quantitative estimate of drug-likeness (QED) is 0.104. The van der Waals surface area contributed by atoms with Crippen molar-refractivity contribution in [2.24, 2.45) is 0 Å². The van der Waals surface area contributed by atoms with Gasteiger partial charge in [0.2, 0.25) is 17.5 Å². The van der Waals surface area contributed by atoms with Crippen molar-refractivity contribution < 1.29 is 93.7 Å². The topological polar surface area (TPSA) is 317 Å². The van der Waals surface area contributed by atoms with Gasteiger partial charge in [0.1, 0.15) is 77.4 Å². The summed E-state index contributed by atoms with van der Waals surface area (Å²) in [5.74, 6) is -2.62. The maximum Gasteiger partial charge on any atom is 0.239 e. The largest absolute Gasteiger partial charge is 0.508 e. The van der Waals surface area contributed by atoms with Crippen molar-refractivity contribution in [3.8, 4) is 40.1 Å². The lowest BCUT2D eigenvalue weighted by atomic mass is 9.98. The zero-order valence-corrected chi connectivity index (χ0v) is 28.0. The average Bonchev–Trinajstić information content (AvgIpc) is 3.12. The van der Waals surface area contributed by atoms with E-state index in [1.165, 1.54) is 32.2 Å². The van der Waals surface area contributed by atoms with E-state index in [0.717, 1.165) is 12.1 Å². The molecule has 11 N–H and O–H groups in total. The van der Waals surface area contributed by atoms with Gasteiger partial charge < -0.3 is 93.7 Å². The second-order valence-corrected chi connectivity index (χ2v) is 12.8. The molecule has 3 fully saturated rings. The Morgan fingerprint density at radius 3 is 2.21 bits per heavy atom. The highest BCUT2D eigenvalue weighted by atomic mass is 16.8. The van der Waals surface area contributed by atoms with Gasteiger partial charge in [-0.25, -0.2) is 0 Å². The maximum atomic E-state index is 14.1. The summed E-state index contributed by atoms with van der Waals surface area (Å²) in [6.07, 6.45) is -23.7. The van der Waals surface area contributed by atoms with Crippen LogP contribution in [0.4, 0.5) is 0 Å². The lowest BCUT2D eigenvalue weighted by Gasteiger charge is -2.45. The molecule has 14 atom stereocenters. The molecular formula is C33H40O20. The molecule has 53 heavy (non-hydrogen) atoms. The smallest absolute Gasteiger partial charge is 0.239 e. The average molecular weight is 757 g/mol. The Labute approximate surface area is 298 Å². The Morgan fingerprint density at radius 2 is 1.49 bits per heavy atom. The van der Waals surface area contributed by atoms with E-state index in [9.17, 15) is 61.0 Å². The summed E-state index contributed by atoms with van der Waals surface area (Å²) in [5, 5.41) is 114. The minimum Gasteiger partial charge on any atom is -0.508 e. The van der Waals surface area contributed by atoms with E-state index in [1.807, 2.05) is 0 Å². The van der Waals surface area contributed by atoms with Gasteiger partial charge in [-0.05, 0) is 25.1 Å². The Bertz CT molecular complexity index is 1820. The van der Waals surface area contributed by atoms with Crippen LogP contribution in [0.2, 0.25) is 0 Å². The van der Waals surface area contributed by atoms with Crippen LogP contribution in [0.15, 0.2) is 39.5 Å². The number of hydrogen-bond acceptors (Lipinski definition) is 20. The van der Waals surface area contributed by atoms with Gasteiger partial charge in [-0.2, -0.15) is 0 Å². The summed E-state index contributed by atoms with van der Waals surface area (Å²) >= 11 is 0. The summed E-state index contributed by atoms with van der Waals surface area (Å²) in [4.78, 5) is 14.1. The number of rotatable bonds is 9. The summed E-state index contributed by atoms with van der Waals surface area (Å²) in [6.45, 7) is 0.210. The predicted octanol–water partition coefficient (Wildman–Crippen LogP) is -2.92. The molecule has 0 amide bonds. The highest BCUT2D eigenvalue weighted by Gasteiger charge is 2.51. The number of aromatic hydroxyl groups is 3. The highest BCUT2D eigenvalue weighted by molar-refractivity contribution is 5.88. The van der Waals surface area contributed by atoms with E-state index in [-0.39, 0.29) is 28.4 Å². The molecule has 0 unspecified atom stereocenters. The number of phenols is 3. The number of hydrogen-bond donors (Lipinski definition) is 11. The van der Waals surface area contributed by atoms with Crippen LogP contribution in [0, 0.1) is 0 Å². The Balaban J connectivity index is 1.40. The van der Waals surface area contributed by atoms with Crippen molar-refractivity contribution in [3.63, 3.8) is 0 Å². The number of aliphatic hydroxyl groups excluding tert-OH is 8. The minimum atomic E-state index is -2.01. The SMILES string of the molecule is COc1cc(-c2oc3cc(O)cc(O)c3c(=O)c2O[C@@H]2O[C@H](CO[C@@H]3O[C@@H](C)[C@H](O)[C@@H](O)[C@H]3O)[C@@H](O)[C@H](O)[C@H]2O[C@H]2OC[C@@H](O)[C@H](O)[C@@H]2O)ccc1O. The van der Waals surface area contributed by atoms with Crippen molar-refractivity contribution in [2.45, 2.75) is 92.9 Å². The van der Waals surface area contributed by atoms with Crippen LogP contribution >= 0.6 is 0 Å². The zero-order valence-electron chi connectivity index (χ0n) is 28.0. The molecule has 20 nitrogen and oxygen atoms in total. The third kappa shape index (κ3) is 7.47.